The van der Waals surface area contributed by atoms with Crippen LogP contribution in [0, 0.1) is 0 Å². The maximum Gasteiger partial charge on any atom is 0.771 e. The first kappa shape index (κ1) is 13.5. The highest BCUT2D eigenvalue weighted by molar-refractivity contribution is 6.26. The SMILES string of the molecule is CCOC(C)O[Si](=O)OC(C)OCC. The molecule has 6 heteroatoms. The first-order valence-corrected chi connectivity index (χ1v) is 5.93. The van der Waals surface area contributed by atoms with Gasteiger partial charge in [-0.25, -0.2) is 0 Å². The van der Waals surface area contributed by atoms with Gasteiger partial charge in [0, 0.05) is 13.2 Å². The number of hydrogen-bond acceptors (Lipinski definition) is 5. The standard InChI is InChI=1S/C8H18O5Si/c1-5-10-7(3)12-14(9)13-8(4)11-6-2/h7-8H,5-6H2,1-4H3. The Morgan fingerprint density at radius 3 is 1.64 bits per heavy atom. The summed E-state index contributed by atoms with van der Waals surface area (Å²) in [7, 11) is -2.53. The van der Waals surface area contributed by atoms with Gasteiger partial charge in [0.25, 0.3) is 0 Å². The Hall–Kier alpha value is -0.463. The second kappa shape index (κ2) is 7.90. The number of rotatable bonds is 8. The van der Waals surface area contributed by atoms with Crippen molar-refractivity contribution in [3.63, 3.8) is 0 Å². The highest BCUT2D eigenvalue weighted by Gasteiger charge is 2.18. The molecule has 0 amide bonds. The summed E-state index contributed by atoms with van der Waals surface area (Å²) in [5.41, 5.74) is 0. The maximum absolute atomic E-state index is 11.2. The smallest absolute Gasteiger partial charge is 0.470 e. The molecule has 0 spiro atoms. The van der Waals surface area contributed by atoms with Crippen molar-refractivity contribution in [1.29, 1.82) is 0 Å². The Morgan fingerprint density at radius 2 is 1.36 bits per heavy atom. The fourth-order valence-electron chi connectivity index (χ4n) is 0.836. The van der Waals surface area contributed by atoms with Crippen molar-refractivity contribution >= 4 is 9.17 Å². The summed E-state index contributed by atoms with van der Waals surface area (Å²) in [5, 5.41) is 0. The molecule has 0 aromatic rings. The van der Waals surface area contributed by atoms with E-state index in [-0.39, 0.29) is 0 Å². The molecule has 5 nitrogen and oxygen atoms in total. The van der Waals surface area contributed by atoms with E-state index in [1.54, 1.807) is 13.8 Å². The van der Waals surface area contributed by atoms with Crippen LogP contribution in [0.5, 0.6) is 0 Å². The third kappa shape index (κ3) is 6.99. The monoisotopic (exact) mass is 222 g/mol. The molecule has 2 unspecified atom stereocenters. The molecular formula is C8H18O5Si. The van der Waals surface area contributed by atoms with Gasteiger partial charge >= 0.3 is 9.17 Å². The van der Waals surface area contributed by atoms with Crippen LogP contribution in [0.15, 0.2) is 0 Å². The predicted octanol–water partition coefficient (Wildman–Crippen LogP) is 1.20. The first-order chi connectivity index (χ1) is 6.60. The molecule has 0 aliphatic rings. The van der Waals surface area contributed by atoms with Gasteiger partial charge in [0.15, 0.2) is 12.6 Å². The zero-order valence-corrected chi connectivity index (χ0v) is 10.1. The molecule has 0 radical (unpaired) electrons. The molecule has 0 heterocycles. The molecule has 0 saturated heterocycles. The van der Waals surface area contributed by atoms with Gasteiger partial charge < -0.3 is 18.3 Å². The fourth-order valence-corrected chi connectivity index (χ4v) is 1.57. The van der Waals surface area contributed by atoms with Crippen molar-refractivity contribution in [2.45, 2.75) is 40.3 Å². The molecule has 0 rings (SSSR count). The largest absolute Gasteiger partial charge is 0.771 e. The minimum absolute atomic E-state index is 0.511. The molecule has 0 aromatic carbocycles. The summed E-state index contributed by atoms with van der Waals surface area (Å²) in [4.78, 5) is 0. The maximum atomic E-state index is 11.2. The lowest BCUT2D eigenvalue weighted by Crippen LogP contribution is -2.26. The average Bonchev–Trinajstić information content (AvgIpc) is 2.03. The molecule has 0 N–H and O–H groups in total. The summed E-state index contributed by atoms with van der Waals surface area (Å²) >= 11 is 0. The predicted molar refractivity (Wildman–Crippen MR) is 50.8 cm³/mol. The molecule has 0 bridgehead atoms. The van der Waals surface area contributed by atoms with Crippen LogP contribution in [-0.2, 0) is 22.8 Å². The van der Waals surface area contributed by atoms with E-state index >= 15 is 0 Å². The van der Waals surface area contributed by atoms with E-state index in [4.69, 9.17) is 18.3 Å². The third-order valence-corrected chi connectivity index (χ3v) is 2.38. The summed E-state index contributed by atoms with van der Waals surface area (Å²) in [6.07, 6.45) is -1.03. The molecule has 14 heavy (non-hydrogen) atoms. The van der Waals surface area contributed by atoms with Crippen LogP contribution in [0.25, 0.3) is 0 Å². The van der Waals surface area contributed by atoms with Gasteiger partial charge in [-0.2, -0.15) is 0 Å². The van der Waals surface area contributed by atoms with Gasteiger partial charge in [-0.15, -0.1) is 0 Å². The van der Waals surface area contributed by atoms with E-state index in [1.807, 2.05) is 13.8 Å². The molecule has 0 saturated carbocycles. The van der Waals surface area contributed by atoms with E-state index in [0.29, 0.717) is 13.2 Å². The van der Waals surface area contributed by atoms with Crippen LogP contribution >= 0.6 is 0 Å². The summed E-state index contributed by atoms with van der Waals surface area (Å²) in [6.45, 7) is 8.03. The lowest BCUT2D eigenvalue weighted by Gasteiger charge is -2.16. The Kier molecular flexibility index (Phi) is 7.64. The molecule has 0 aliphatic carbocycles. The topological polar surface area (TPSA) is 54.0 Å². The molecule has 0 fully saturated rings. The van der Waals surface area contributed by atoms with Gasteiger partial charge in [0.2, 0.25) is 0 Å². The van der Waals surface area contributed by atoms with E-state index in [1.165, 1.54) is 0 Å². The van der Waals surface area contributed by atoms with Gasteiger partial charge in [-0.3, -0.25) is 4.46 Å². The number of ether oxygens (including phenoxy) is 2. The fraction of sp³-hybridized carbons (Fsp3) is 1.00. The zero-order chi connectivity index (χ0) is 11.0. The summed E-state index contributed by atoms with van der Waals surface area (Å²) < 4.78 is 31.1. The van der Waals surface area contributed by atoms with Crippen molar-refractivity contribution in [3.8, 4) is 0 Å². The van der Waals surface area contributed by atoms with Crippen LogP contribution in [0.4, 0.5) is 0 Å². The zero-order valence-electron chi connectivity index (χ0n) is 9.11. The summed E-state index contributed by atoms with van der Waals surface area (Å²) in [5.74, 6) is 0. The van der Waals surface area contributed by atoms with E-state index < -0.39 is 21.8 Å². The van der Waals surface area contributed by atoms with Gasteiger partial charge in [-0.1, -0.05) is 0 Å². The van der Waals surface area contributed by atoms with E-state index in [9.17, 15) is 4.46 Å². The molecular weight excluding hydrogens is 204 g/mol. The Labute approximate surface area is 86.2 Å². The van der Waals surface area contributed by atoms with Crippen LogP contribution < -0.4 is 0 Å². The Morgan fingerprint density at radius 1 is 1.00 bits per heavy atom. The average molecular weight is 222 g/mol. The highest BCUT2D eigenvalue weighted by atomic mass is 28.3. The van der Waals surface area contributed by atoms with E-state index in [0.717, 1.165) is 0 Å². The third-order valence-electron chi connectivity index (χ3n) is 1.33. The minimum atomic E-state index is -2.53. The van der Waals surface area contributed by atoms with Crippen molar-refractivity contribution < 1.29 is 22.8 Å². The lowest BCUT2D eigenvalue weighted by molar-refractivity contribution is -0.116. The van der Waals surface area contributed by atoms with Crippen molar-refractivity contribution in [3.05, 3.63) is 0 Å². The van der Waals surface area contributed by atoms with Crippen molar-refractivity contribution in [2.24, 2.45) is 0 Å². The van der Waals surface area contributed by atoms with Crippen LogP contribution in [0.2, 0.25) is 0 Å². The van der Waals surface area contributed by atoms with Gasteiger partial charge in [0.1, 0.15) is 0 Å². The quantitative estimate of drug-likeness (QED) is 0.456. The Bertz CT molecular complexity index is 148. The van der Waals surface area contributed by atoms with Gasteiger partial charge in [-0.05, 0) is 27.7 Å². The molecule has 0 aromatic heterocycles. The minimum Gasteiger partial charge on any atom is -0.470 e. The second-order valence-corrected chi connectivity index (χ2v) is 3.50. The second-order valence-electron chi connectivity index (χ2n) is 2.53. The molecule has 2 atom stereocenters. The summed E-state index contributed by atoms with van der Waals surface area (Å²) in [6, 6.07) is 0. The van der Waals surface area contributed by atoms with Crippen LogP contribution in [0.3, 0.4) is 0 Å². The van der Waals surface area contributed by atoms with Gasteiger partial charge in [0.05, 0.1) is 0 Å². The highest BCUT2D eigenvalue weighted by Crippen LogP contribution is 1.98. The van der Waals surface area contributed by atoms with Crippen LogP contribution in [0.1, 0.15) is 27.7 Å². The molecule has 84 valence electrons. The first-order valence-electron chi connectivity index (χ1n) is 4.70. The van der Waals surface area contributed by atoms with E-state index in [2.05, 4.69) is 0 Å². The van der Waals surface area contributed by atoms with Crippen LogP contribution in [-0.4, -0.2) is 35.0 Å². The van der Waals surface area contributed by atoms with Crippen molar-refractivity contribution in [1.82, 2.24) is 0 Å². The van der Waals surface area contributed by atoms with Crippen molar-refractivity contribution in [2.75, 3.05) is 13.2 Å². The number of hydrogen-bond donors (Lipinski definition) is 0. The Balaban J connectivity index is 3.63. The molecule has 0 aliphatic heterocycles. The normalized spacial score (nSPS) is 14.6. The lowest BCUT2D eigenvalue weighted by atomic mass is 10.7.